The summed E-state index contributed by atoms with van der Waals surface area (Å²) in [6.45, 7) is 2.50. The zero-order valence-electron chi connectivity index (χ0n) is 49.4. The normalized spacial score (nSPS) is 12.1. The molecule has 1 atom stereocenters. The van der Waals surface area contributed by atoms with Gasteiger partial charge < -0.3 is 44.6 Å². The van der Waals surface area contributed by atoms with E-state index in [0.29, 0.717) is 88.2 Å². The Morgan fingerprint density at radius 1 is 0.611 bits per heavy atom. The van der Waals surface area contributed by atoms with E-state index in [-0.39, 0.29) is 33.9 Å². The van der Waals surface area contributed by atoms with Crippen molar-refractivity contribution in [2.24, 2.45) is 7.05 Å². The number of carbonyl (C=O) groups excluding carboxylic acids is 2. The van der Waals surface area contributed by atoms with Crippen LogP contribution in [0.25, 0.3) is 22.0 Å². The number of ether oxygens (including phenoxy) is 4. The van der Waals surface area contributed by atoms with Crippen molar-refractivity contribution in [3.8, 4) is 11.1 Å². The molecule has 21 nitrogen and oxygen atoms in total. The van der Waals surface area contributed by atoms with Gasteiger partial charge in [0.1, 0.15) is 23.8 Å². The molecule has 2 amide bonds. The maximum atomic E-state index is 13.9. The quantitative estimate of drug-likeness (QED) is 0.0168. The summed E-state index contributed by atoms with van der Waals surface area (Å²) < 4.78 is 83.3. The smallest absolute Gasteiger partial charge is 0.407 e. The summed E-state index contributed by atoms with van der Waals surface area (Å²) in [7, 11) is -6.65. The number of carboxylic acid groups (broad SMARTS) is 1. The number of benzene rings is 7. The molecule has 468 valence electrons. The summed E-state index contributed by atoms with van der Waals surface area (Å²) in [4.78, 5) is 56.3. The zero-order chi connectivity index (χ0) is 63.4. The van der Waals surface area contributed by atoms with Gasteiger partial charge >= 0.3 is 12.1 Å². The van der Waals surface area contributed by atoms with E-state index in [9.17, 15) is 41.1 Å². The van der Waals surface area contributed by atoms with Gasteiger partial charge in [-0.2, -0.15) is 4.72 Å². The minimum absolute atomic E-state index is 0.0189. The maximum absolute atomic E-state index is 13.9. The lowest BCUT2D eigenvalue weighted by Crippen LogP contribution is -2.48. The van der Waals surface area contributed by atoms with Crippen LogP contribution in [0.4, 0.5) is 10.7 Å². The third-order valence-electron chi connectivity index (χ3n) is 14.7. The second-order valence-corrected chi connectivity index (χ2v) is 24.3. The molecule has 0 saturated heterocycles. The van der Waals surface area contributed by atoms with Gasteiger partial charge in [-0.15, -0.1) is 0 Å². The fourth-order valence-corrected chi connectivity index (χ4v) is 12.4. The number of carbonyl (C=O) groups is 3. The predicted octanol–water partition coefficient (Wildman–Crippen LogP) is 8.05. The highest BCUT2D eigenvalue weighted by Crippen LogP contribution is 2.42. The van der Waals surface area contributed by atoms with Crippen LogP contribution < -0.4 is 30.8 Å². The number of alkyl carbamates (subject to hydrolysis) is 1. The first-order valence-electron chi connectivity index (χ1n) is 29.1. The van der Waals surface area contributed by atoms with Gasteiger partial charge in [0.15, 0.2) is 0 Å². The highest BCUT2D eigenvalue weighted by Gasteiger charge is 2.40. The molecule has 0 aliphatic carbocycles. The minimum atomic E-state index is -4.47. The van der Waals surface area contributed by atoms with Crippen molar-refractivity contribution in [2.75, 3.05) is 64.6 Å². The van der Waals surface area contributed by atoms with E-state index in [1.54, 1.807) is 42.1 Å². The molecular weight excluding hydrogens is 1190 g/mol. The van der Waals surface area contributed by atoms with Gasteiger partial charge in [-0.25, -0.2) is 31.3 Å². The van der Waals surface area contributed by atoms with Crippen LogP contribution in [0.5, 0.6) is 0 Å². The van der Waals surface area contributed by atoms with Crippen molar-refractivity contribution >= 4 is 54.9 Å². The number of rotatable bonds is 33. The summed E-state index contributed by atoms with van der Waals surface area (Å²) in [6, 6.07) is 55.0. The fourth-order valence-electron chi connectivity index (χ4n) is 10.2. The number of nitrogens with one attached hydrogen (secondary N) is 5. The molecular formula is C67H70N8O13S2. The Labute approximate surface area is 522 Å². The molecule has 90 heavy (non-hydrogen) atoms. The van der Waals surface area contributed by atoms with Crippen LogP contribution in [0.2, 0.25) is 0 Å². The summed E-state index contributed by atoms with van der Waals surface area (Å²) in [5.74, 6) is -1.89. The Bertz CT molecular complexity index is 4030. The van der Waals surface area contributed by atoms with Gasteiger partial charge in [0.05, 0.1) is 41.7 Å². The van der Waals surface area contributed by atoms with E-state index in [1.165, 1.54) is 42.6 Å². The summed E-state index contributed by atoms with van der Waals surface area (Å²) >= 11 is 0. The Hall–Kier alpha value is -9.33. The second kappa shape index (κ2) is 31.2. The lowest BCUT2D eigenvalue weighted by molar-refractivity contribution is -0.138. The molecule has 0 spiro atoms. The number of hydrogen-bond donors (Lipinski definition) is 6. The van der Waals surface area contributed by atoms with E-state index in [4.69, 9.17) is 23.9 Å². The number of anilines is 1. The number of amides is 2. The number of nitrogens with zero attached hydrogens (tertiary/aromatic N) is 3. The van der Waals surface area contributed by atoms with Gasteiger partial charge in [-0.05, 0) is 88.2 Å². The van der Waals surface area contributed by atoms with Crippen molar-refractivity contribution in [2.45, 2.75) is 47.4 Å². The van der Waals surface area contributed by atoms with Crippen LogP contribution >= 0.6 is 0 Å². The topological polar surface area (TPSA) is 277 Å². The molecule has 7 aromatic carbocycles. The van der Waals surface area contributed by atoms with Gasteiger partial charge in [-0.1, -0.05) is 152 Å². The van der Waals surface area contributed by atoms with Gasteiger partial charge in [0.2, 0.25) is 31.4 Å². The molecule has 0 aliphatic rings. The first-order chi connectivity index (χ1) is 43.6. The predicted molar refractivity (Wildman–Crippen MR) is 341 cm³/mol. The van der Waals surface area contributed by atoms with Crippen LogP contribution in [0.1, 0.15) is 51.0 Å². The van der Waals surface area contributed by atoms with Crippen molar-refractivity contribution in [1.29, 1.82) is 0 Å². The lowest BCUT2D eigenvalue weighted by Gasteiger charge is -2.38. The van der Waals surface area contributed by atoms with E-state index < -0.39 is 61.6 Å². The Kier molecular flexibility index (Phi) is 22.6. The number of aliphatic carboxylic acids is 1. The van der Waals surface area contributed by atoms with E-state index in [2.05, 4.69) is 66.4 Å². The number of hydrogen-bond acceptors (Lipinski definition) is 14. The second-order valence-electron chi connectivity index (χ2n) is 20.8. The van der Waals surface area contributed by atoms with E-state index >= 15 is 0 Å². The molecule has 9 rings (SSSR count). The Balaban J connectivity index is 0.711. The van der Waals surface area contributed by atoms with Crippen molar-refractivity contribution in [3.63, 3.8) is 0 Å². The first-order valence-corrected chi connectivity index (χ1v) is 32.1. The molecule has 9 aromatic rings. The average molecular weight is 1260 g/mol. The molecule has 23 heteroatoms. The monoisotopic (exact) mass is 1260 g/mol. The average Bonchev–Trinajstić information content (AvgIpc) is 1.22. The molecule has 2 heterocycles. The van der Waals surface area contributed by atoms with Gasteiger partial charge in [0, 0.05) is 70.4 Å². The fraction of sp³-hybridized carbons (Fsp3) is 0.239. The molecule has 0 aliphatic heterocycles. The largest absolute Gasteiger partial charge is 0.480 e. The number of carboxylic acids is 1. The number of aromatic nitrogens is 3. The summed E-state index contributed by atoms with van der Waals surface area (Å²) in [6.07, 6.45) is 5.59. The number of pyridine rings is 1. The van der Waals surface area contributed by atoms with Crippen LogP contribution in [0.15, 0.2) is 221 Å². The molecule has 1 unspecified atom stereocenters. The van der Waals surface area contributed by atoms with Crippen LogP contribution in [0.3, 0.4) is 0 Å². The SMILES string of the molecule is Cn1cc(C(=O)NCC(NS(=O)(=O)c2ccc(-c3ccc(S(=O)(=O)NCCCOCCOCCOCCCNC(=O)OCc4ccccc4)cc3)cc2)C(=O)O)c(=O)c2ccc(CNc3nccn3C(c3ccccc3)(c3ccccc3)c3ccccc3)cc21. The summed E-state index contributed by atoms with van der Waals surface area (Å²) in [5, 5.41) is 18.9. The van der Waals surface area contributed by atoms with Crippen LogP contribution in [0, 0.1) is 0 Å². The number of aryl methyl sites for hydroxylation is 1. The number of fused-ring (bicyclic) bond motifs is 1. The molecule has 0 saturated carbocycles. The molecule has 2 aromatic heterocycles. The summed E-state index contributed by atoms with van der Waals surface area (Å²) in [5.41, 5.74) is 4.75. The molecule has 0 fully saturated rings. The Morgan fingerprint density at radius 3 is 1.69 bits per heavy atom. The zero-order valence-corrected chi connectivity index (χ0v) is 51.0. The van der Waals surface area contributed by atoms with Crippen LogP contribution in [-0.4, -0.2) is 119 Å². The standard InChI is InChI=1S/C67H70N8O13S2/c1-74-47-59(62(76)58-33-24-50(44-61(58)74)45-71-65-68-36-37-75(65)67(53-18-8-3-9-19-53,54-20-10-4-11-21-54)55-22-12-5-13-23-55)63(77)70-46-60(64(78)79)73-90(83,84)57-31-27-52(28-32-57)51-25-29-56(30-26-51)89(81,82)72-35-15-39-86-41-43-87-42-40-85-38-14-34-69-66(80)88-48-49-16-6-2-7-17-49/h2-13,16-33,36-37,44,47,60,72-73H,14-15,34-35,38-43,45-46,48H2,1H3,(H,68,71)(H,69,80)(H,70,77)(H,78,79). The van der Waals surface area contributed by atoms with E-state index in [0.717, 1.165) is 27.8 Å². The molecule has 6 N–H and O–H groups in total. The van der Waals surface area contributed by atoms with Gasteiger partial charge in [-0.3, -0.25) is 19.0 Å². The maximum Gasteiger partial charge on any atom is 0.407 e. The minimum Gasteiger partial charge on any atom is -0.480 e. The molecule has 0 bridgehead atoms. The highest BCUT2D eigenvalue weighted by molar-refractivity contribution is 7.89. The third kappa shape index (κ3) is 16.7. The lowest BCUT2D eigenvalue weighted by atomic mass is 9.76. The van der Waals surface area contributed by atoms with E-state index in [1.807, 2.05) is 97.2 Å². The molecule has 0 radical (unpaired) electrons. The Morgan fingerprint density at radius 2 is 1.13 bits per heavy atom. The van der Waals surface area contributed by atoms with Gasteiger partial charge in [0.25, 0.3) is 5.91 Å². The van der Waals surface area contributed by atoms with Crippen molar-refractivity contribution in [1.82, 2.24) is 34.2 Å². The van der Waals surface area contributed by atoms with Crippen molar-refractivity contribution < 1.29 is 55.3 Å². The third-order valence-corrected chi connectivity index (χ3v) is 17.7. The van der Waals surface area contributed by atoms with Crippen molar-refractivity contribution in [3.05, 3.63) is 250 Å². The van der Waals surface area contributed by atoms with Crippen LogP contribution in [-0.2, 0) is 69.5 Å². The number of sulfonamides is 2. The number of imidazole rings is 1. The first kappa shape index (κ1) is 65.1. The highest BCUT2D eigenvalue weighted by atomic mass is 32.2.